The Morgan fingerprint density at radius 2 is 1.88 bits per heavy atom. The molecule has 0 bridgehead atoms. The summed E-state index contributed by atoms with van der Waals surface area (Å²) in [6.07, 6.45) is 0. The van der Waals surface area contributed by atoms with E-state index >= 15 is 0 Å². The van der Waals surface area contributed by atoms with E-state index in [0.29, 0.717) is 24.7 Å². The van der Waals surface area contributed by atoms with Gasteiger partial charge in [-0.25, -0.2) is 8.42 Å². The first-order valence-corrected chi connectivity index (χ1v) is 7.04. The van der Waals surface area contributed by atoms with Crippen LogP contribution in [0, 0.1) is 0 Å². The largest absolute Gasteiger partial charge is 0.378 e. The summed E-state index contributed by atoms with van der Waals surface area (Å²) < 4.78 is 31.8. The van der Waals surface area contributed by atoms with Crippen LogP contribution in [0.4, 0.5) is 0 Å². The van der Waals surface area contributed by atoms with Crippen LogP contribution in [0.15, 0.2) is 35.2 Å². The van der Waals surface area contributed by atoms with Crippen molar-refractivity contribution in [1.29, 1.82) is 0 Å². The molecule has 0 aliphatic carbocycles. The lowest BCUT2D eigenvalue weighted by molar-refractivity contribution is -0.00770. The quantitative estimate of drug-likeness (QED) is 0.804. The molecule has 0 N–H and O–H groups in total. The molecular weight excluding hydrogens is 238 g/mol. The number of ether oxygens (including phenoxy) is 1. The molecule has 0 spiro atoms. The molecule has 94 valence electrons. The van der Waals surface area contributed by atoms with Gasteiger partial charge in [0, 0.05) is 6.54 Å². The summed E-state index contributed by atoms with van der Waals surface area (Å²) in [6.45, 7) is 5.05. The van der Waals surface area contributed by atoms with E-state index in [1.165, 1.54) is 4.31 Å². The van der Waals surface area contributed by atoms with E-state index in [-0.39, 0.29) is 0 Å². The van der Waals surface area contributed by atoms with E-state index < -0.39 is 15.6 Å². The van der Waals surface area contributed by atoms with Crippen LogP contribution in [0.2, 0.25) is 0 Å². The van der Waals surface area contributed by atoms with Crippen LogP contribution in [-0.2, 0) is 14.8 Å². The minimum absolute atomic E-state index is 0.343. The van der Waals surface area contributed by atoms with Crippen LogP contribution in [0.1, 0.15) is 13.8 Å². The molecule has 0 aromatic heterocycles. The molecule has 1 aromatic rings. The molecule has 1 saturated heterocycles. The second kappa shape index (κ2) is 4.40. The van der Waals surface area contributed by atoms with Crippen molar-refractivity contribution in [1.82, 2.24) is 4.31 Å². The fourth-order valence-electron chi connectivity index (χ4n) is 2.01. The van der Waals surface area contributed by atoms with Crippen LogP contribution < -0.4 is 0 Å². The predicted octanol–water partition coefficient (Wildman–Crippen LogP) is 1.49. The first-order valence-electron chi connectivity index (χ1n) is 5.60. The smallest absolute Gasteiger partial charge is 0.243 e. The van der Waals surface area contributed by atoms with Crippen LogP contribution in [0.3, 0.4) is 0 Å². The average molecular weight is 255 g/mol. The Bertz CT molecular complexity index is 482. The summed E-state index contributed by atoms with van der Waals surface area (Å²) in [5, 5.41) is 0. The number of hydrogen-bond donors (Lipinski definition) is 0. The SMILES string of the molecule is CC1(C)COCCN1S(=O)(=O)c1ccccc1. The molecule has 4 nitrogen and oxygen atoms in total. The van der Waals surface area contributed by atoms with Crippen LogP contribution in [-0.4, -0.2) is 38.0 Å². The highest BCUT2D eigenvalue weighted by Gasteiger charge is 2.39. The molecular formula is C12H17NO3S. The Hall–Kier alpha value is -0.910. The first kappa shape index (κ1) is 12.5. The third kappa shape index (κ3) is 2.36. The summed E-state index contributed by atoms with van der Waals surface area (Å²) in [7, 11) is -3.42. The highest BCUT2D eigenvalue weighted by molar-refractivity contribution is 7.89. The zero-order valence-electron chi connectivity index (χ0n) is 10.1. The number of hydrogen-bond acceptors (Lipinski definition) is 3. The van der Waals surface area contributed by atoms with E-state index in [1.807, 2.05) is 19.9 Å². The van der Waals surface area contributed by atoms with E-state index in [4.69, 9.17) is 4.74 Å². The third-order valence-electron chi connectivity index (χ3n) is 2.90. The average Bonchev–Trinajstić information content (AvgIpc) is 2.29. The maximum Gasteiger partial charge on any atom is 0.243 e. The molecule has 1 aromatic carbocycles. The van der Waals surface area contributed by atoms with Crippen molar-refractivity contribution < 1.29 is 13.2 Å². The Morgan fingerprint density at radius 3 is 2.47 bits per heavy atom. The predicted molar refractivity (Wildman–Crippen MR) is 65.2 cm³/mol. The lowest BCUT2D eigenvalue weighted by atomic mass is 10.1. The molecule has 1 fully saturated rings. The normalized spacial score (nSPS) is 21.3. The minimum atomic E-state index is -3.42. The zero-order chi connectivity index (χ0) is 12.5. The molecule has 1 aliphatic rings. The molecule has 5 heteroatoms. The second-order valence-electron chi connectivity index (χ2n) is 4.76. The minimum Gasteiger partial charge on any atom is -0.378 e. The van der Waals surface area contributed by atoms with Crippen molar-refractivity contribution in [3.05, 3.63) is 30.3 Å². The van der Waals surface area contributed by atoms with E-state index in [2.05, 4.69) is 0 Å². The van der Waals surface area contributed by atoms with Gasteiger partial charge in [0.1, 0.15) is 0 Å². The first-order chi connectivity index (χ1) is 7.94. The molecule has 17 heavy (non-hydrogen) atoms. The fourth-order valence-corrected chi connectivity index (χ4v) is 3.78. The lowest BCUT2D eigenvalue weighted by Gasteiger charge is -2.40. The number of rotatable bonds is 2. The number of sulfonamides is 1. The van der Waals surface area contributed by atoms with Crippen LogP contribution in [0.5, 0.6) is 0 Å². The maximum atomic E-state index is 12.5. The van der Waals surface area contributed by atoms with Crippen molar-refractivity contribution in [2.75, 3.05) is 19.8 Å². The summed E-state index contributed by atoms with van der Waals surface area (Å²) in [4.78, 5) is 0.343. The summed E-state index contributed by atoms with van der Waals surface area (Å²) >= 11 is 0. The van der Waals surface area contributed by atoms with Gasteiger partial charge in [0.25, 0.3) is 0 Å². The number of morpholine rings is 1. The molecule has 0 saturated carbocycles. The van der Waals surface area contributed by atoms with Crippen molar-refractivity contribution >= 4 is 10.0 Å². The van der Waals surface area contributed by atoms with E-state index in [0.717, 1.165) is 0 Å². The second-order valence-corrected chi connectivity index (χ2v) is 6.62. The van der Waals surface area contributed by atoms with E-state index in [9.17, 15) is 8.42 Å². The number of nitrogens with zero attached hydrogens (tertiary/aromatic N) is 1. The third-order valence-corrected chi connectivity index (χ3v) is 5.03. The summed E-state index contributed by atoms with van der Waals surface area (Å²) in [6, 6.07) is 8.53. The summed E-state index contributed by atoms with van der Waals surface area (Å²) in [5.74, 6) is 0. The molecule has 0 atom stereocenters. The van der Waals surface area contributed by atoms with Gasteiger partial charge >= 0.3 is 0 Å². The van der Waals surface area contributed by atoms with Gasteiger partial charge in [0.05, 0.1) is 23.6 Å². The molecule has 2 rings (SSSR count). The van der Waals surface area contributed by atoms with Crippen molar-refractivity contribution in [3.8, 4) is 0 Å². The lowest BCUT2D eigenvalue weighted by Crippen LogP contribution is -2.55. The van der Waals surface area contributed by atoms with Crippen LogP contribution in [0.25, 0.3) is 0 Å². The molecule has 0 radical (unpaired) electrons. The van der Waals surface area contributed by atoms with E-state index in [1.54, 1.807) is 24.3 Å². The summed E-state index contributed by atoms with van der Waals surface area (Å²) in [5.41, 5.74) is -0.493. The number of benzene rings is 1. The Morgan fingerprint density at radius 1 is 1.24 bits per heavy atom. The Balaban J connectivity index is 2.39. The van der Waals surface area contributed by atoms with Crippen LogP contribution >= 0.6 is 0 Å². The van der Waals surface area contributed by atoms with Gasteiger partial charge in [-0.2, -0.15) is 4.31 Å². The van der Waals surface area contributed by atoms with Gasteiger partial charge in [0.15, 0.2) is 0 Å². The molecule has 1 aliphatic heterocycles. The fraction of sp³-hybridized carbons (Fsp3) is 0.500. The standard InChI is InChI=1S/C12H17NO3S/c1-12(2)10-16-9-8-13(12)17(14,15)11-6-4-3-5-7-11/h3-7H,8-10H2,1-2H3. The molecule has 0 unspecified atom stereocenters. The molecule has 1 heterocycles. The van der Waals surface area contributed by atoms with Crippen molar-refractivity contribution in [3.63, 3.8) is 0 Å². The maximum absolute atomic E-state index is 12.5. The Kier molecular flexibility index (Phi) is 3.25. The topological polar surface area (TPSA) is 46.6 Å². The van der Waals surface area contributed by atoms with Gasteiger partial charge in [-0.3, -0.25) is 0 Å². The van der Waals surface area contributed by atoms with Gasteiger partial charge in [-0.1, -0.05) is 18.2 Å². The zero-order valence-corrected chi connectivity index (χ0v) is 10.9. The highest BCUT2D eigenvalue weighted by Crippen LogP contribution is 2.26. The Labute approximate surface area is 102 Å². The highest BCUT2D eigenvalue weighted by atomic mass is 32.2. The van der Waals surface area contributed by atoms with Crippen molar-refractivity contribution in [2.24, 2.45) is 0 Å². The molecule has 0 amide bonds. The van der Waals surface area contributed by atoms with Gasteiger partial charge in [-0.15, -0.1) is 0 Å². The van der Waals surface area contributed by atoms with Crippen molar-refractivity contribution in [2.45, 2.75) is 24.3 Å². The van der Waals surface area contributed by atoms with Gasteiger partial charge in [-0.05, 0) is 26.0 Å². The van der Waals surface area contributed by atoms with Gasteiger partial charge in [0.2, 0.25) is 10.0 Å². The monoisotopic (exact) mass is 255 g/mol. The van der Waals surface area contributed by atoms with Gasteiger partial charge < -0.3 is 4.74 Å².